The molecule has 140 valence electrons. The summed E-state index contributed by atoms with van der Waals surface area (Å²) in [6.45, 7) is 0. The minimum atomic E-state index is -4.58. The van der Waals surface area contributed by atoms with E-state index in [4.69, 9.17) is 23.2 Å². The summed E-state index contributed by atoms with van der Waals surface area (Å²) in [6.07, 6.45) is -4.58. The Morgan fingerprint density at radius 1 is 0.963 bits per heavy atom. The van der Waals surface area contributed by atoms with Crippen molar-refractivity contribution in [3.05, 3.63) is 69.6 Å². The van der Waals surface area contributed by atoms with Crippen molar-refractivity contribution >= 4 is 46.4 Å². The fourth-order valence-electron chi connectivity index (χ4n) is 2.39. The van der Waals surface area contributed by atoms with Crippen LogP contribution in [0.2, 0.25) is 5.02 Å². The third-order valence-electron chi connectivity index (χ3n) is 3.65. The van der Waals surface area contributed by atoms with Gasteiger partial charge in [0.25, 0.3) is 11.8 Å². The second kappa shape index (κ2) is 6.86. The summed E-state index contributed by atoms with van der Waals surface area (Å²) in [7, 11) is 0. The number of amides is 2. The number of halogens is 6. The van der Waals surface area contributed by atoms with Crippen LogP contribution in [0.4, 0.5) is 28.9 Å². The highest BCUT2D eigenvalue weighted by molar-refractivity contribution is 6.53. The van der Waals surface area contributed by atoms with E-state index in [0.29, 0.717) is 4.90 Å². The molecule has 2 amide bonds. The summed E-state index contributed by atoms with van der Waals surface area (Å²) in [5, 5.41) is 1.61. The van der Waals surface area contributed by atoms with Gasteiger partial charge < -0.3 is 5.32 Å². The van der Waals surface area contributed by atoms with E-state index in [0.717, 1.165) is 36.4 Å². The van der Waals surface area contributed by atoms with Crippen molar-refractivity contribution in [1.82, 2.24) is 0 Å². The molecule has 4 nitrogen and oxygen atoms in total. The van der Waals surface area contributed by atoms with Gasteiger partial charge in [-0.1, -0.05) is 29.3 Å². The molecule has 0 aliphatic carbocycles. The third kappa shape index (κ3) is 3.63. The fraction of sp³-hybridized carbons (Fsp3) is 0.0588. The van der Waals surface area contributed by atoms with Crippen LogP contribution < -0.4 is 10.2 Å². The van der Waals surface area contributed by atoms with Crippen LogP contribution in [0.5, 0.6) is 0 Å². The van der Waals surface area contributed by atoms with Crippen LogP contribution in [0, 0.1) is 5.82 Å². The average molecular weight is 419 g/mol. The highest BCUT2D eigenvalue weighted by atomic mass is 35.5. The normalized spacial score (nSPS) is 15.0. The van der Waals surface area contributed by atoms with Crippen LogP contribution in [0.1, 0.15) is 5.56 Å². The molecule has 0 aromatic heterocycles. The Labute approximate surface area is 160 Å². The summed E-state index contributed by atoms with van der Waals surface area (Å²) >= 11 is 11.6. The Kier molecular flexibility index (Phi) is 4.88. The quantitative estimate of drug-likeness (QED) is 0.567. The van der Waals surface area contributed by atoms with Gasteiger partial charge in [-0.3, -0.25) is 9.59 Å². The van der Waals surface area contributed by atoms with Crippen LogP contribution in [-0.4, -0.2) is 11.8 Å². The smallest absolute Gasteiger partial charge is 0.350 e. The van der Waals surface area contributed by atoms with Gasteiger partial charge >= 0.3 is 6.18 Å². The van der Waals surface area contributed by atoms with E-state index in [1.165, 1.54) is 6.07 Å². The number of imide groups is 1. The summed E-state index contributed by atoms with van der Waals surface area (Å²) in [6, 6.07) is 7.21. The Hall–Kier alpha value is -2.58. The SMILES string of the molecule is O=C1C(Cl)=C(Nc2cccc(C(F)(F)F)c2)C(=O)N1c1ccc(F)c(Cl)c1. The molecule has 0 bridgehead atoms. The number of nitrogens with zero attached hydrogens (tertiary/aromatic N) is 1. The first-order valence-corrected chi connectivity index (χ1v) is 8.03. The third-order valence-corrected chi connectivity index (χ3v) is 4.29. The van der Waals surface area contributed by atoms with Crippen molar-refractivity contribution in [1.29, 1.82) is 0 Å². The van der Waals surface area contributed by atoms with E-state index >= 15 is 0 Å². The minimum absolute atomic E-state index is 0.0320. The molecule has 0 fully saturated rings. The van der Waals surface area contributed by atoms with E-state index in [1.54, 1.807) is 0 Å². The molecule has 2 aromatic carbocycles. The molecule has 0 saturated heterocycles. The zero-order valence-corrected chi connectivity index (χ0v) is 14.6. The summed E-state index contributed by atoms with van der Waals surface area (Å²) in [5.74, 6) is -2.58. The largest absolute Gasteiger partial charge is 0.416 e. The zero-order valence-electron chi connectivity index (χ0n) is 13.1. The van der Waals surface area contributed by atoms with Gasteiger partial charge in [0.1, 0.15) is 16.5 Å². The zero-order chi connectivity index (χ0) is 19.9. The molecular formula is C17H8Cl2F4N2O2. The van der Waals surface area contributed by atoms with Crippen molar-refractivity contribution in [3.8, 4) is 0 Å². The van der Waals surface area contributed by atoms with Gasteiger partial charge in [0.2, 0.25) is 0 Å². The molecule has 27 heavy (non-hydrogen) atoms. The lowest BCUT2D eigenvalue weighted by atomic mass is 10.2. The molecule has 0 radical (unpaired) electrons. The number of nitrogens with one attached hydrogen (secondary N) is 1. The predicted octanol–water partition coefficient (Wildman–Crippen LogP) is 4.93. The number of carbonyl (C=O) groups excluding carboxylic acids is 2. The first-order chi connectivity index (χ1) is 12.6. The van der Waals surface area contributed by atoms with Crippen molar-refractivity contribution in [3.63, 3.8) is 0 Å². The maximum atomic E-state index is 13.3. The molecule has 10 heteroatoms. The van der Waals surface area contributed by atoms with Crippen LogP contribution in [0.3, 0.4) is 0 Å². The number of rotatable bonds is 3. The molecule has 0 saturated carbocycles. The van der Waals surface area contributed by atoms with Crippen LogP contribution in [0.15, 0.2) is 53.2 Å². The van der Waals surface area contributed by atoms with E-state index in [9.17, 15) is 27.2 Å². The van der Waals surface area contributed by atoms with Gasteiger partial charge in [-0.25, -0.2) is 9.29 Å². The van der Waals surface area contributed by atoms with E-state index in [2.05, 4.69) is 5.32 Å². The molecule has 1 N–H and O–H groups in total. The average Bonchev–Trinajstić information content (AvgIpc) is 2.81. The molecule has 1 aliphatic heterocycles. The van der Waals surface area contributed by atoms with Crippen LogP contribution in [-0.2, 0) is 15.8 Å². The molecule has 3 rings (SSSR count). The first kappa shape index (κ1) is 19.2. The lowest BCUT2D eigenvalue weighted by molar-refractivity contribution is -0.137. The number of hydrogen-bond donors (Lipinski definition) is 1. The highest BCUT2D eigenvalue weighted by Crippen LogP contribution is 2.34. The summed E-state index contributed by atoms with van der Waals surface area (Å²) in [5.41, 5.74) is -1.46. The first-order valence-electron chi connectivity index (χ1n) is 7.27. The standard InChI is InChI=1S/C17H8Cl2F4N2O2/c18-11-7-10(4-5-12(11)20)25-15(26)13(19)14(16(25)27)24-9-3-1-2-8(6-9)17(21,22)23/h1-7,24H. The summed E-state index contributed by atoms with van der Waals surface area (Å²) < 4.78 is 51.7. The fourth-order valence-corrected chi connectivity index (χ4v) is 2.77. The Morgan fingerprint density at radius 2 is 1.67 bits per heavy atom. The molecule has 0 spiro atoms. The van der Waals surface area contributed by atoms with Gasteiger partial charge in [0.05, 0.1) is 16.3 Å². The van der Waals surface area contributed by atoms with Crippen molar-refractivity contribution < 1.29 is 27.2 Å². The second-order valence-corrected chi connectivity index (χ2v) is 6.22. The van der Waals surface area contributed by atoms with Crippen molar-refractivity contribution in [2.24, 2.45) is 0 Å². The molecule has 1 aliphatic rings. The lowest BCUT2D eigenvalue weighted by Crippen LogP contribution is -2.32. The molecular weight excluding hydrogens is 411 g/mol. The minimum Gasteiger partial charge on any atom is -0.350 e. The molecule has 0 atom stereocenters. The van der Waals surface area contributed by atoms with Gasteiger partial charge in [-0.2, -0.15) is 13.2 Å². The number of hydrogen-bond acceptors (Lipinski definition) is 3. The van der Waals surface area contributed by atoms with Crippen LogP contribution >= 0.6 is 23.2 Å². The topological polar surface area (TPSA) is 49.4 Å². The summed E-state index contributed by atoms with van der Waals surface area (Å²) in [4.78, 5) is 25.5. The number of carbonyl (C=O) groups is 2. The Balaban J connectivity index is 1.92. The lowest BCUT2D eigenvalue weighted by Gasteiger charge is -2.16. The second-order valence-electron chi connectivity index (χ2n) is 5.44. The number of alkyl halides is 3. The molecule has 0 unspecified atom stereocenters. The number of benzene rings is 2. The van der Waals surface area contributed by atoms with Crippen LogP contribution in [0.25, 0.3) is 0 Å². The van der Waals surface area contributed by atoms with E-state index < -0.39 is 40.1 Å². The Bertz CT molecular complexity index is 989. The maximum absolute atomic E-state index is 13.3. The van der Waals surface area contributed by atoms with E-state index in [-0.39, 0.29) is 16.4 Å². The van der Waals surface area contributed by atoms with Gasteiger partial charge in [0, 0.05) is 5.69 Å². The Morgan fingerprint density at radius 3 is 2.30 bits per heavy atom. The predicted molar refractivity (Wildman–Crippen MR) is 91.8 cm³/mol. The van der Waals surface area contributed by atoms with E-state index in [1.807, 2.05) is 0 Å². The monoisotopic (exact) mass is 418 g/mol. The maximum Gasteiger partial charge on any atom is 0.416 e. The van der Waals surface area contributed by atoms with Gasteiger partial charge in [-0.15, -0.1) is 0 Å². The molecule has 1 heterocycles. The van der Waals surface area contributed by atoms with Gasteiger partial charge in [-0.05, 0) is 36.4 Å². The highest BCUT2D eigenvalue weighted by Gasteiger charge is 2.39. The van der Waals surface area contributed by atoms with Crippen molar-refractivity contribution in [2.45, 2.75) is 6.18 Å². The molecule has 2 aromatic rings. The number of anilines is 2. The van der Waals surface area contributed by atoms with Crippen molar-refractivity contribution in [2.75, 3.05) is 10.2 Å². The van der Waals surface area contributed by atoms with Gasteiger partial charge in [0.15, 0.2) is 0 Å².